The lowest BCUT2D eigenvalue weighted by atomic mass is 9.43. The Morgan fingerprint density at radius 1 is 1.03 bits per heavy atom. The standard InChI is InChI=1S/C31H56O4Si/c1-20(10-13-27(33)34-7)23-11-12-24-28-25(15-17-31(23,24)6)30(5)16-14-22(18-21(30)19-26(28)32)35-36(8,9)29(2,3)4/h20-26,28,32H,10-19H2,1-9H3/t20-,21+,22?,23-,24+,25+,26-,28+,30+,31-/m1/s1. The number of rotatable bonds is 6. The van der Waals surface area contributed by atoms with Crippen molar-refractivity contribution in [2.24, 2.45) is 46.3 Å². The first-order valence-electron chi connectivity index (χ1n) is 15.1. The van der Waals surface area contributed by atoms with Crippen LogP contribution in [0.2, 0.25) is 18.1 Å². The number of carbonyl (C=O) groups excluding carboxylic acids is 1. The molecule has 4 fully saturated rings. The van der Waals surface area contributed by atoms with Crippen molar-refractivity contribution in [2.75, 3.05) is 7.11 Å². The van der Waals surface area contributed by atoms with E-state index in [1.54, 1.807) is 0 Å². The highest BCUT2D eigenvalue weighted by atomic mass is 28.4. The van der Waals surface area contributed by atoms with Gasteiger partial charge in [0, 0.05) is 12.5 Å². The molecular formula is C31H56O4Si. The van der Waals surface area contributed by atoms with Crippen molar-refractivity contribution in [3.05, 3.63) is 0 Å². The highest BCUT2D eigenvalue weighted by Crippen LogP contribution is 2.68. The van der Waals surface area contributed by atoms with Gasteiger partial charge >= 0.3 is 5.97 Å². The van der Waals surface area contributed by atoms with Crippen LogP contribution in [0.3, 0.4) is 0 Å². The molecule has 36 heavy (non-hydrogen) atoms. The van der Waals surface area contributed by atoms with E-state index >= 15 is 0 Å². The third-order valence-corrected chi connectivity index (χ3v) is 17.2. The predicted octanol–water partition coefficient (Wildman–Crippen LogP) is 7.60. The quantitative estimate of drug-likeness (QED) is 0.289. The molecule has 0 bridgehead atoms. The zero-order valence-corrected chi connectivity index (χ0v) is 25.9. The molecule has 208 valence electrons. The SMILES string of the molecule is COC(=O)CC[C@@H](C)[C@H]1CC[C@H]2[C@@H]3[C@H](O)C[C@@H]4CC(O[Si](C)(C)C(C)(C)C)CC[C@]4(C)[C@H]3CC[C@]12C. The summed E-state index contributed by atoms with van der Waals surface area (Å²) in [4.78, 5) is 11.8. The third kappa shape index (κ3) is 4.88. The molecule has 5 heteroatoms. The third-order valence-electron chi connectivity index (χ3n) is 12.7. The number of esters is 1. The van der Waals surface area contributed by atoms with Gasteiger partial charge in [-0.1, -0.05) is 41.5 Å². The molecule has 0 aromatic carbocycles. The van der Waals surface area contributed by atoms with Gasteiger partial charge in [-0.3, -0.25) is 4.79 Å². The van der Waals surface area contributed by atoms with Crippen molar-refractivity contribution < 1.29 is 19.1 Å². The number of fused-ring (bicyclic) bond motifs is 5. The normalized spacial score (nSPS) is 43.8. The van der Waals surface area contributed by atoms with Crippen LogP contribution in [-0.4, -0.2) is 38.7 Å². The lowest BCUT2D eigenvalue weighted by molar-refractivity contribution is -0.173. The van der Waals surface area contributed by atoms with Crippen molar-refractivity contribution in [1.82, 2.24) is 0 Å². The number of hydrogen-bond acceptors (Lipinski definition) is 4. The molecule has 4 nitrogen and oxygen atoms in total. The molecule has 4 rings (SSSR count). The maximum Gasteiger partial charge on any atom is 0.305 e. The molecule has 0 saturated heterocycles. The maximum absolute atomic E-state index is 11.8. The summed E-state index contributed by atoms with van der Waals surface area (Å²) in [7, 11) is -0.286. The van der Waals surface area contributed by atoms with Crippen LogP contribution >= 0.6 is 0 Å². The van der Waals surface area contributed by atoms with Crippen LogP contribution in [0.4, 0.5) is 0 Å². The van der Waals surface area contributed by atoms with Gasteiger partial charge in [0.1, 0.15) is 0 Å². The van der Waals surface area contributed by atoms with Crippen LogP contribution in [0.15, 0.2) is 0 Å². The number of aliphatic hydroxyl groups excluding tert-OH is 1. The summed E-state index contributed by atoms with van der Waals surface area (Å²) in [5.74, 6) is 3.39. The second-order valence-corrected chi connectivity index (χ2v) is 20.1. The molecule has 0 aromatic heterocycles. The van der Waals surface area contributed by atoms with E-state index in [1.807, 2.05) is 0 Å². The summed E-state index contributed by atoms with van der Waals surface area (Å²) in [6.45, 7) is 19.3. The number of methoxy groups -OCH3 is 1. The van der Waals surface area contributed by atoms with Crippen molar-refractivity contribution >= 4 is 14.3 Å². The van der Waals surface area contributed by atoms with Crippen molar-refractivity contribution in [2.45, 2.75) is 136 Å². The van der Waals surface area contributed by atoms with Crippen LogP contribution in [0.25, 0.3) is 0 Å². The fourth-order valence-corrected chi connectivity index (χ4v) is 10.9. The van der Waals surface area contributed by atoms with Crippen LogP contribution in [-0.2, 0) is 14.0 Å². The molecule has 4 aliphatic carbocycles. The zero-order chi connectivity index (χ0) is 26.7. The van der Waals surface area contributed by atoms with Gasteiger partial charge in [0.15, 0.2) is 8.32 Å². The van der Waals surface area contributed by atoms with E-state index in [-0.39, 0.29) is 17.1 Å². The van der Waals surface area contributed by atoms with Crippen molar-refractivity contribution in [3.8, 4) is 0 Å². The number of carbonyl (C=O) groups is 1. The van der Waals surface area contributed by atoms with E-state index in [2.05, 4.69) is 54.6 Å². The van der Waals surface area contributed by atoms with Gasteiger partial charge in [0.05, 0.1) is 13.2 Å². The summed E-state index contributed by atoms with van der Waals surface area (Å²) < 4.78 is 11.8. The number of aliphatic hydroxyl groups is 1. The smallest absolute Gasteiger partial charge is 0.305 e. The van der Waals surface area contributed by atoms with E-state index in [0.29, 0.717) is 58.9 Å². The minimum Gasteiger partial charge on any atom is -0.469 e. The molecule has 1 N–H and O–H groups in total. The fraction of sp³-hybridized carbons (Fsp3) is 0.968. The Morgan fingerprint density at radius 3 is 2.31 bits per heavy atom. The molecule has 0 aromatic rings. The summed E-state index contributed by atoms with van der Waals surface area (Å²) in [5, 5.41) is 11.9. The molecule has 1 unspecified atom stereocenters. The van der Waals surface area contributed by atoms with E-state index in [0.717, 1.165) is 19.3 Å². The minimum atomic E-state index is -1.78. The Balaban J connectivity index is 1.47. The average Bonchev–Trinajstić information content (AvgIpc) is 3.14. The predicted molar refractivity (Wildman–Crippen MR) is 149 cm³/mol. The second-order valence-electron chi connectivity index (χ2n) is 15.4. The van der Waals surface area contributed by atoms with Gasteiger partial charge in [-0.05, 0) is 122 Å². The Labute approximate surface area is 222 Å². The van der Waals surface area contributed by atoms with E-state index in [4.69, 9.17) is 9.16 Å². The van der Waals surface area contributed by atoms with E-state index in [1.165, 1.54) is 45.6 Å². The largest absolute Gasteiger partial charge is 0.469 e. The van der Waals surface area contributed by atoms with Gasteiger partial charge in [0.25, 0.3) is 0 Å². The lowest BCUT2D eigenvalue weighted by Crippen LogP contribution is -2.59. The van der Waals surface area contributed by atoms with Gasteiger partial charge in [-0.25, -0.2) is 0 Å². The average molecular weight is 521 g/mol. The molecule has 0 radical (unpaired) electrons. The first kappa shape index (κ1) is 28.6. The van der Waals surface area contributed by atoms with Crippen LogP contribution < -0.4 is 0 Å². The lowest BCUT2D eigenvalue weighted by Gasteiger charge is -2.63. The molecule has 4 aliphatic rings. The summed E-state index contributed by atoms with van der Waals surface area (Å²) in [5.41, 5.74) is 0.636. The molecule has 10 atom stereocenters. The summed E-state index contributed by atoms with van der Waals surface area (Å²) >= 11 is 0. The van der Waals surface area contributed by atoms with Gasteiger partial charge in [0.2, 0.25) is 0 Å². The monoisotopic (exact) mass is 520 g/mol. The zero-order valence-electron chi connectivity index (χ0n) is 24.9. The van der Waals surface area contributed by atoms with E-state index in [9.17, 15) is 9.90 Å². The van der Waals surface area contributed by atoms with E-state index < -0.39 is 8.32 Å². The summed E-state index contributed by atoms with van der Waals surface area (Å²) in [6, 6.07) is 0. The van der Waals surface area contributed by atoms with Gasteiger partial charge in [-0.15, -0.1) is 0 Å². The first-order chi connectivity index (χ1) is 16.6. The Hall–Kier alpha value is -0.393. The molecule has 0 heterocycles. The highest BCUT2D eigenvalue weighted by molar-refractivity contribution is 6.74. The van der Waals surface area contributed by atoms with Crippen molar-refractivity contribution in [3.63, 3.8) is 0 Å². The second kappa shape index (κ2) is 9.97. The van der Waals surface area contributed by atoms with Gasteiger partial charge < -0.3 is 14.3 Å². The molecule has 4 saturated carbocycles. The molecular weight excluding hydrogens is 464 g/mol. The fourth-order valence-electron chi connectivity index (χ4n) is 9.51. The molecule has 0 aliphatic heterocycles. The number of hydrogen-bond donors (Lipinski definition) is 1. The van der Waals surface area contributed by atoms with Crippen LogP contribution in [0, 0.1) is 46.3 Å². The highest BCUT2D eigenvalue weighted by Gasteiger charge is 2.63. The molecule has 0 spiro atoms. The van der Waals surface area contributed by atoms with Gasteiger partial charge in [-0.2, -0.15) is 0 Å². The Morgan fingerprint density at radius 2 is 1.67 bits per heavy atom. The summed E-state index contributed by atoms with van der Waals surface area (Å²) in [6.07, 6.45) is 11.2. The minimum absolute atomic E-state index is 0.0833. The maximum atomic E-state index is 11.8. The van der Waals surface area contributed by atoms with Crippen molar-refractivity contribution in [1.29, 1.82) is 0 Å². The number of ether oxygens (including phenoxy) is 1. The van der Waals surface area contributed by atoms with Crippen LogP contribution in [0.5, 0.6) is 0 Å². The first-order valence-corrected chi connectivity index (χ1v) is 18.0. The Bertz CT molecular complexity index is 805. The Kier molecular flexibility index (Phi) is 7.93. The van der Waals surface area contributed by atoms with Crippen LogP contribution in [0.1, 0.15) is 106 Å². The topological polar surface area (TPSA) is 55.8 Å². The molecule has 0 amide bonds.